The zero-order valence-corrected chi connectivity index (χ0v) is 10.5. The van der Waals surface area contributed by atoms with Gasteiger partial charge in [-0.05, 0) is 30.9 Å². The van der Waals surface area contributed by atoms with Gasteiger partial charge in [0.2, 0.25) is 0 Å². The van der Waals surface area contributed by atoms with Gasteiger partial charge in [-0.1, -0.05) is 38.0 Å². The molecule has 1 aromatic carbocycles. The van der Waals surface area contributed by atoms with Crippen molar-refractivity contribution in [2.75, 3.05) is 0 Å². The lowest BCUT2D eigenvalue weighted by atomic mass is 9.80. The maximum Gasteiger partial charge on any atom is 0.167 e. The first kappa shape index (κ1) is 12.3. The Bertz CT molecular complexity index is 400. The SMILES string of the molecule is CCc1cccc(C(=O)C2CCCCC2N)c1. The molecule has 0 aliphatic heterocycles. The zero-order valence-electron chi connectivity index (χ0n) is 10.5. The summed E-state index contributed by atoms with van der Waals surface area (Å²) in [5.41, 5.74) is 8.13. The number of carbonyl (C=O) groups is 1. The monoisotopic (exact) mass is 231 g/mol. The van der Waals surface area contributed by atoms with Gasteiger partial charge in [-0.15, -0.1) is 0 Å². The van der Waals surface area contributed by atoms with E-state index in [2.05, 4.69) is 13.0 Å². The Balaban J connectivity index is 2.17. The average Bonchev–Trinajstić information content (AvgIpc) is 2.38. The van der Waals surface area contributed by atoms with E-state index in [0.717, 1.165) is 31.2 Å². The minimum absolute atomic E-state index is 0.0378. The molecule has 2 unspecified atom stereocenters. The molecule has 1 aromatic rings. The highest BCUT2D eigenvalue weighted by Crippen LogP contribution is 2.26. The van der Waals surface area contributed by atoms with Crippen molar-refractivity contribution in [3.8, 4) is 0 Å². The minimum atomic E-state index is 0.0378. The van der Waals surface area contributed by atoms with Crippen LogP contribution >= 0.6 is 0 Å². The molecule has 0 radical (unpaired) electrons. The van der Waals surface area contributed by atoms with Crippen LogP contribution in [-0.4, -0.2) is 11.8 Å². The Morgan fingerprint density at radius 3 is 2.82 bits per heavy atom. The van der Waals surface area contributed by atoms with Gasteiger partial charge in [-0.2, -0.15) is 0 Å². The Labute approximate surface area is 103 Å². The van der Waals surface area contributed by atoms with Crippen LogP contribution in [-0.2, 0) is 6.42 Å². The highest BCUT2D eigenvalue weighted by atomic mass is 16.1. The van der Waals surface area contributed by atoms with Crippen LogP contribution in [0.5, 0.6) is 0 Å². The Morgan fingerprint density at radius 2 is 2.12 bits per heavy atom. The molecule has 0 amide bonds. The largest absolute Gasteiger partial charge is 0.327 e. The van der Waals surface area contributed by atoms with Gasteiger partial charge in [0, 0.05) is 17.5 Å². The van der Waals surface area contributed by atoms with Crippen LogP contribution in [0.25, 0.3) is 0 Å². The van der Waals surface area contributed by atoms with E-state index in [1.165, 1.54) is 12.0 Å². The molecule has 1 aliphatic carbocycles. The lowest BCUT2D eigenvalue weighted by Gasteiger charge is -2.27. The highest BCUT2D eigenvalue weighted by Gasteiger charge is 2.28. The van der Waals surface area contributed by atoms with Crippen LogP contribution in [0.1, 0.15) is 48.5 Å². The normalized spacial score (nSPS) is 24.6. The average molecular weight is 231 g/mol. The molecule has 0 bridgehead atoms. The molecule has 17 heavy (non-hydrogen) atoms. The number of carbonyl (C=O) groups excluding carboxylic acids is 1. The summed E-state index contributed by atoms with van der Waals surface area (Å²) in [5, 5.41) is 0. The standard InChI is InChI=1S/C15H21NO/c1-2-11-6-5-7-12(10-11)15(17)13-8-3-4-9-14(13)16/h5-7,10,13-14H,2-4,8-9,16H2,1H3. The van der Waals surface area contributed by atoms with Crippen LogP contribution in [0, 0.1) is 5.92 Å². The van der Waals surface area contributed by atoms with E-state index in [1.54, 1.807) is 0 Å². The van der Waals surface area contributed by atoms with Crippen LogP contribution < -0.4 is 5.73 Å². The zero-order chi connectivity index (χ0) is 12.3. The Kier molecular flexibility index (Phi) is 3.95. The summed E-state index contributed by atoms with van der Waals surface area (Å²) >= 11 is 0. The third-order valence-electron chi connectivity index (χ3n) is 3.78. The second kappa shape index (κ2) is 5.46. The summed E-state index contributed by atoms with van der Waals surface area (Å²) in [6.07, 6.45) is 5.22. The Hall–Kier alpha value is -1.15. The molecule has 2 heteroatoms. The van der Waals surface area contributed by atoms with Crippen LogP contribution in [0.3, 0.4) is 0 Å². The molecular formula is C15H21NO. The van der Waals surface area contributed by atoms with Crippen LogP contribution in [0.4, 0.5) is 0 Å². The van der Waals surface area contributed by atoms with Gasteiger partial charge in [0.25, 0.3) is 0 Å². The molecule has 0 aromatic heterocycles. The third-order valence-corrected chi connectivity index (χ3v) is 3.78. The lowest BCUT2D eigenvalue weighted by molar-refractivity contribution is 0.0871. The van der Waals surface area contributed by atoms with Gasteiger partial charge < -0.3 is 5.73 Å². The van der Waals surface area contributed by atoms with E-state index in [1.807, 2.05) is 18.2 Å². The van der Waals surface area contributed by atoms with Gasteiger partial charge in [-0.3, -0.25) is 4.79 Å². The van der Waals surface area contributed by atoms with Crippen molar-refractivity contribution >= 4 is 5.78 Å². The van der Waals surface area contributed by atoms with Crippen molar-refractivity contribution < 1.29 is 4.79 Å². The van der Waals surface area contributed by atoms with Crippen molar-refractivity contribution in [3.63, 3.8) is 0 Å². The molecule has 2 rings (SSSR count). The smallest absolute Gasteiger partial charge is 0.167 e. The lowest BCUT2D eigenvalue weighted by Crippen LogP contribution is -2.38. The number of benzene rings is 1. The predicted molar refractivity (Wildman–Crippen MR) is 70.1 cm³/mol. The number of hydrogen-bond acceptors (Lipinski definition) is 2. The van der Waals surface area contributed by atoms with Crippen molar-refractivity contribution in [1.29, 1.82) is 0 Å². The van der Waals surface area contributed by atoms with E-state index in [4.69, 9.17) is 5.73 Å². The first-order chi connectivity index (χ1) is 8.22. The molecule has 0 saturated heterocycles. The minimum Gasteiger partial charge on any atom is -0.327 e. The first-order valence-electron chi connectivity index (χ1n) is 6.61. The van der Waals surface area contributed by atoms with E-state index in [-0.39, 0.29) is 17.7 Å². The first-order valence-corrected chi connectivity index (χ1v) is 6.61. The maximum atomic E-state index is 12.4. The van der Waals surface area contributed by atoms with Crippen LogP contribution in [0.15, 0.2) is 24.3 Å². The summed E-state index contributed by atoms with van der Waals surface area (Å²) in [4.78, 5) is 12.4. The summed E-state index contributed by atoms with van der Waals surface area (Å²) in [6, 6.07) is 8.03. The molecule has 0 spiro atoms. The van der Waals surface area contributed by atoms with E-state index in [9.17, 15) is 4.79 Å². The van der Waals surface area contributed by atoms with Crippen molar-refractivity contribution in [1.82, 2.24) is 0 Å². The molecule has 0 heterocycles. The van der Waals surface area contributed by atoms with Crippen molar-refractivity contribution in [2.24, 2.45) is 11.7 Å². The van der Waals surface area contributed by atoms with Crippen molar-refractivity contribution in [3.05, 3.63) is 35.4 Å². The fourth-order valence-electron chi connectivity index (χ4n) is 2.64. The highest BCUT2D eigenvalue weighted by molar-refractivity contribution is 5.98. The fraction of sp³-hybridized carbons (Fsp3) is 0.533. The number of hydrogen-bond donors (Lipinski definition) is 1. The fourth-order valence-corrected chi connectivity index (χ4v) is 2.64. The molecule has 1 fully saturated rings. The van der Waals surface area contributed by atoms with Gasteiger partial charge in [-0.25, -0.2) is 0 Å². The molecule has 2 nitrogen and oxygen atoms in total. The number of Topliss-reactive ketones (excluding diaryl/α,β-unsaturated/α-hetero) is 1. The predicted octanol–water partition coefficient (Wildman–Crippen LogP) is 2.95. The van der Waals surface area contributed by atoms with E-state index in [0.29, 0.717) is 0 Å². The number of ketones is 1. The third kappa shape index (κ3) is 2.75. The second-order valence-corrected chi connectivity index (χ2v) is 4.97. The summed E-state index contributed by atoms with van der Waals surface area (Å²) in [6.45, 7) is 2.11. The summed E-state index contributed by atoms with van der Waals surface area (Å²) < 4.78 is 0. The molecule has 1 saturated carbocycles. The molecular weight excluding hydrogens is 210 g/mol. The van der Waals surface area contributed by atoms with Gasteiger partial charge in [0.1, 0.15) is 0 Å². The van der Waals surface area contributed by atoms with Crippen molar-refractivity contribution in [2.45, 2.75) is 45.1 Å². The van der Waals surface area contributed by atoms with E-state index < -0.39 is 0 Å². The van der Waals surface area contributed by atoms with Gasteiger partial charge in [0.15, 0.2) is 5.78 Å². The number of rotatable bonds is 3. The van der Waals surface area contributed by atoms with Gasteiger partial charge >= 0.3 is 0 Å². The van der Waals surface area contributed by atoms with E-state index >= 15 is 0 Å². The number of nitrogens with two attached hydrogens (primary N) is 1. The summed E-state index contributed by atoms with van der Waals surface area (Å²) in [7, 11) is 0. The second-order valence-electron chi connectivity index (χ2n) is 4.97. The molecule has 92 valence electrons. The topological polar surface area (TPSA) is 43.1 Å². The maximum absolute atomic E-state index is 12.4. The molecule has 2 N–H and O–H groups in total. The summed E-state index contributed by atoms with van der Waals surface area (Å²) in [5.74, 6) is 0.281. The quantitative estimate of drug-likeness (QED) is 0.813. The molecule has 1 aliphatic rings. The van der Waals surface area contributed by atoms with Gasteiger partial charge in [0.05, 0.1) is 0 Å². The number of aryl methyl sites for hydroxylation is 1. The Morgan fingerprint density at radius 1 is 1.35 bits per heavy atom. The van der Waals surface area contributed by atoms with Crippen LogP contribution in [0.2, 0.25) is 0 Å². The molecule has 2 atom stereocenters.